The topological polar surface area (TPSA) is 89.1 Å². The summed E-state index contributed by atoms with van der Waals surface area (Å²) in [5.74, 6) is -0.279. The fraction of sp³-hybridized carbons (Fsp3) is 0.357. The van der Waals surface area contributed by atoms with Crippen molar-refractivity contribution in [2.24, 2.45) is 5.73 Å². The van der Waals surface area contributed by atoms with Gasteiger partial charge in [-0.25, -0.2) is 0 Å². The molecule has 1 amide bonds. The number of rotatable bonds is 5. The van der Waals surface area contributed by atoms with Crippen LogP contribution in [0.15, 0.2) is 24.4 Å². The first-order valence-corrected chi connectivity index (χ1v) is 6.71. The van der Waals surface area contributed by atoms with Crippen molar-refractivity contribution in [3.05, 3.63) is 35.7 Å². The van der Waals surface area contributed by atoms with E-state index in [4.69, 9.17) is 5.73 Å². The molecule has 0 saturated heterocycles. The van der Waals surface area contributed by atoms with E-state index in [0.29, 0.717) is 13.1 Å². The first-order chi connectivity index (χ1) is 10.0. The summed E-state index contributed by atoms with van der Waals surface area (Å²) in [7, 11) is 3.95. The molecule has 0 aliphatic carbocycles. The van der Waals surface area contributed by atoms with Crippen molar-refractivity contribution in [3.63, 3.8) is 0 Å². The van der Waals surface area contributed by atoms with Gasteiger partial charge in [-0.3, -0.25) is 9.48 Å². The molecule has 21 heavy (non-hydrogen) atoms. The number of hydrogen-bond donors (Lipinski definition) is 2. The van der Waals surface area contributed by atoms with E-state index in [-0.39, 0.29) is 11.6 Å². The number of amides is 1. The average molecular weight is 288 g/mol. The van der Waals surface area contributed by atoms with Gasteiger partial charge in [0, 0.05) is 32.0 Å². The lowest BCUT2D eigenvalue weighted by molar-refractivity contribution is 0.102. The Hall–Kier alpha value is -2.41. The Bertz CT molecular complexity index is 634. The van der Waals surface area contributed by atoms with Crippen molar-refractivity contribution in [1.82, 2.24) is 15.0 Å². The van der Waals surface area contributed by atoms with E-state index in [0.717, 1.165) is 16.9 Å². The van der Waals surface area contributed by atoms with Crippen molar-refractivity contribution >= 4 is 17.3 Å². The summed E-state index contributed by atoms with van der Waals surface area (Å²) >= 11 is 0. The minimum absolute atomic E-state index is 0.277. The molecule has 1 aromatic heterocycles. The van der Waals surface area contributed by atoms with Gasteiger partial charge in [0.2, 0.25) is 0 Å². The Labute approximate surface area is 123 Å². The zero-order chi connectivity index (χ0) is 15.4. The largest absolute Gasteiger partial charge is 0.378 e. The van der Waals surface area contributed by atoms with Crippen LogP contribution in [0.1, 0.15) is 16.1 Å². The summed E-state index contributed by atoms with van der Waals surface area (Å²) < 4.78 is 1.55. The first-order valence-electron chi connectivity index (χ1n) is 6.71. The highest BCUT2D eigenvalue weighted by Crippen LogP contribution is 2.21. The Morgan fingerprint density at radius 2 is 2.19 bits per heavy atom. The predicted molar refractivity (Wildman–Crippen MR) is 82.5 cm³/mol. The number of carbonyl (C=O) groups is 1. The van der Waals surface area contributed by atoms with E-state index in [2.05, 4.69) is 15.6 Å². The lowest BCUT2D eigenvalue weighted by atomic mass is 10.1. The molecule has 0 saturated carbocycles. The number of aryl methyl sites for hydroxylation is 1. The van der Waals surface area contributed by atoms with Crippen molar-refractivity contribution in [1.29, 1.82) is 0 Å². The molecular weight excluding hydrogens is 268 g/mol. The third kappa shape index (κ3) is 3.57. The van der Waals surface area contributed by atoms with Crippen LogP contribution in [-0.2, 0) is 6.54 Å². The molecule has 0 spiro atoms. The molecule has 0 aliphatic heterocycles. The number of nitrogens with zero attached hydrogens (tertiary/aromatic N) is 4. The molecule has 7 heteroatoms. The summed E-state index contributed by atoms with van der Waals surface area (Å²) in [6.45, 7) is 2.94. The van der Waals surface area contributed by atoms with Gasteiger partial charge in [0.15, 0.2) is 5.69 Å². The van der Waals surface area contributed by atoms with Crippen LogP contribution >= 0.6 is 0 Å². The lowest BCUT2D eigenvalue weighted by Gasteiger charge is -2.15. The third-order valence-electron chi connectivity index (χ3n) is 3.10. The highest BCUT2D eigenvalue weighted by atomic mass is 16.2. The summed E-state index contributed by atoms with van der Waals surface area (Å²) in [5, 5.41) is 10.5. The van der Waals surface area contributed by atoms with Crippen LogP contribution in [0.25, 0.3) is 0 Å². The third-order valence-corrected chi connectivity index (χ3v) is 3.10. The van der Waals surface area contributed by atoms with Crippen molar-refractivity contribution in [2.45, 2.75) is 13.5 Å². The SMILES string of the molecule is Cc1cc(N(C)C)ccc1NC(=O)c1cn(CCN)nn1. The highest BCUT2D eigenvalue weighted by molar-refractivity contribution is 6.03. The maximum Gasteiger partial charge on any atom is 0.277 e. The lowest BCUT2D eigenvalue weighted by Crippen LogP contribution is -2.14. The molecule has 0 bridgehead atoms. The van der Waals surface area contributed by atoms with Gasteiger partial charge in [-0.1, -0.05) is 5.21 Å². The summed E-state index contributed by atoms with van der Waals surface area (Å²) in [5.41, 5.74) is 8.55. The fourth-order valence-electron chi connectivity index (χ4n) is 1.90. The Balaban J connectivity index is 2.11. The second-order valence-electron chi connectivity index (χ2n) is 5.00. The van der Waals surface area contributed by atoms with Gasteiger partial charge in [0.05, 0.1) is 12.7 Å². The van der Waals surface area contributed by atoms with Crippen LogP contribution in [0.3, 0.4) is 0 Å². The molecule has 2 aromatic rings. The van der Waals surface area contributed by atoms with Gasteiger partial charge >= 0.3 is 0 Å². The minimum Gasteiger partial charge on any atom is -0.378 e. The number of anilines is 2. The summed E-state index contributed by atoms with van der Waals surface area (Å²) in [6, 6.07) is 5.85. The highest BCUT2D eigenvalue weighted by Gasteiger charge is 2.12. The maximum absolute atomic E-state index is 12.1. The molecule has 1 heterocycles. The number of hydrogen-bond acceptors (Lipinski definition) is 5. The van der Waals surface area contributed by atoms with Crippen molar-refractivity contribution in [3.8, 4) is 0 Å². The molecule has 2 rings (SSSR count). The van der Waals surface area contributed by atoms with Gasteiger partial charge in [-0.15, -0.1) is 5.10 Å². The molecule has 0 unspecified atom stereocenters. The molecule has 0 aliphatic rings. The molecule has 0 radical (unpaired) electrons. The Kier molecular flexibility index (Phi) is 4.54. The fourth-order valence-corrected chi connectivity index (χ4v) is 1.90. The zero-order valence-electron chi connectivity index (χ0n) is 12.5. The zero-order valence-corrected chi connectivity index (χ0v) is 12.5. The molecule has 7 nitrogen and oxygen atoms in total. The molecule has 0 fully saturated rings. The van der Waals surface area contributed by atoms with Crippen LogP contribution in [0.4, 0.5) is 11.4 Å². The van der Waals surface area contributed by atoms with Crippen molar-refractivity contribution in [2.75, 3.05) is 30.9 Å². The van der Waals surface area contributed by atoms with E-state index in [1.165, 1.54) is 0 Å². The smallest absolute Gasteiger partial charge is 0.277 e. The maximum atomic E-state index is 12.1. The summed E-state index contributed by atoms with van der Waals surface area (Å²) in [4.78, 5) is 14.1. The number of aromatic nitrogens is 3. The minimum atomic E-state index is -0.279. The van der Waals surface area contributed by atoms with Gasteiger partial charge in [-0.2, -0.15) is 0 Å². The van der Waals surface area contributed by atoms with Crippen LogP contribution in [-0.4, -0.2) is 41.5 Å². The van der Waals surface area contributed by atoms with Gasteiger partial charge in [0.1, 0.15) is 0 Å². The number of benzene rings is 1. The molecule has 1 aromatic carbocycles. The second-order valence-corrected chi connectivity index (χ2v) is 5.00. The predicted octanol–water partition coefficient (Wildman–Crippen LogP) is 0.864. The summed E-state index contributed by atoms with van der Waals surface area (Å²) in [6.07, 6.45) is 1.59. The number of carbonyl (C=O) groups excluding carboxylic acids is 1. The van der Waals surface area contributed by atoms with Crippen LogP contribution < -0.4 is 16.0 Å². The number of nitrogens with two attached hydrogens (primary N) is 1. The molecular formula is C14H20N6O. The molecule has 112 valence electrons. The quantitative estimate of drug-likeness (QED) is 0.852. The standard InChI is InChI=1S/C14H20N6O/c1-10-8-11(19(2)3)4-5-12(10)16-14(21)13-9-20(7-6-15)18-17-13/h4-5,8-9H,6-7,15H2,1-3H3,(H,16,21). The molecule has 3 N–H and O–H groups in total. The van der Waals surface area contributed by atoms with E-state index in [1.54, 1.807) is 10.9 Å². The van der Waals surface area contributed by atoms with Crippen LogP contribution in [0.5, 0.6) is 0 Å². The van der Waals surface area contributed by atoms with Crippen LogP contribution in [0, 0.1) is 6.92 Å². The normalized spacial score (nSPS) is 10.5. The van der Waals surface area contributed by atoms with E-state index in [1.807, 2.05) is 44.1 Å². The average Bonchev–Trinajstić information content (AvgIpc) is 2.90. The Morgan fingerprint density at radius 3 is 2.81 bits per heavy atom. The van der Waals surface area contributed by atoms with E-state index >= 15 is 0 Å². The first kappa shape index (κ1) is 15.0. The van der Waals surface area contributed by atoms with Crippen molar-refractivity contribution < 1.29 is 4.79 Å². The monoisotopic (exact) mass is 288 g/mol. The van der Waals surface area contributed by atoms with Gasteiger partial charge < -0.3 is 16.0 Å². The second kappa shape index (κ2) is 6.36. The van der Waals surface area contributed by atoms with Gasteiger partial charge in [0.25, 0.3) is 5.91 Å². The Morgan fingerprint density at radius 1 is 1.43 bits per heavy atom. The molecule has 0 atom stereocenters. The number of nitrogens with one attached hydrogen (secondary N) is 1. The van der Waals surface area contributed by atoms with Gasteiger partial charge in [-0.05, 0) is 30.7 Å². The van der Waals surface area contributed by atoms with E-state index in [9.17, 15) is 4.79 Å². The van der Waals surface area contributed by atoms with Crippen LogP contribution in [0.2, 0.25) is 0 Å². The van der Waals surface area contributed by atoms with E-state index < -0.39 is 0 Å².